The van der Waals surface area contributed by atoms with Crippen molar-refractivity contribution in [3.8, 4) is 0 Å². The van der Waals surface area contributed by atoms with Crippen LogP contribution in [0.25, 0.3) is 0 Å². The topological polar surface area (TPSA) is 30.0 Å². The van der Waals surface area contributed by atoms with E-state index in [1.54, 1.807) is 0 Å². The summed E-state index contributed by atoms with van der Waals surface area (Å²) in [7, 11) is 0. The molecule has 0 aromatic carbocycles. The summed E-state index contributed by atoms with van der Waals surface area (Å²) in [5.74, 6) is 0. The lowest BCUT2D eigenvalue weighted by Crippen LogP contribution is -2.68. The number of aliphatic hydroxyl groups is 1. The van der Waals surface area contributed by atoms with Gasteiger partial charge in [0.1, 0.15) is 0 Å². The van der Waals surface area contributed by atoms with Gasteiger partial charge in [0, 0.05) is 57.4 Å². The molecule has 1 N–H and O–H groups in total. The number of nitrogens with zero attached hydrogens (tertiary/aromatic N) is 3. The molecule has 120 valence electrons. The monoisotopic (exact) mass is 293 g/mol. The summed E-state index contributed by atoms with van der Waals surface area (Å²) in [5, 5.41) is 9.76. The molecule has 4 rings (SSSR count). The molecule has 4 heteroatoms. The Morgan fingerprint density at radius 2 is 1.24 bits per heavy atom. The second kappa shape index (κ2) is 6.15. The van der Waals surface area contributed by atoms with Crippen LogP contribution in [0.2, 0.25) is 0 Å². The largest absolute Gasteiger partial charge is 0.391 e. The standard InChI is InChI=1S/C17H31N3O/c21-17-7-6-16(17)20-12-15(13-20)19-10-8-18(9-11-19)14-4-2-1-3-5-14/h14-17,21H,1-13H2. The van der Waals surface area contributed by atoms with E-state index in [-0.39, 0.29) is 6.10 Å². The highest BCUT2D eigenvalue weighted by atomic mass is 16.3. The maximum absolute atomic E-state index is 9.76. The molecule has 4 aliphatic rings. The van der Waals surface area contributed by atoms with E-state index < -0.39 is 0 Å². The fourth-order valence-electron chi connectivity index (χ4n) is 4.79. The molecule has 0 bridgehead atoms. The van der Waals surface area contributed by atoms with Gasteiger partial charge in [-0.3, -0.25) is 14.7 Å². The molecule has 2 saturated carbocycles. The molecule has 0 spiro atoms. The third kappa shape index (κ3) is 2.88. The van der Waals surface area contributed by atoms with Crippen LogP contribution < -0.4 is 0 Å². The fraction of sp³-hybridized carbons (Fsp3) is 1.00. The lowest BCUT2D eigenvalue weighted by Gasteiger charge is -2.54. The van der Waals surface area contributed by atoms with Crippen molar-refractivity contribution in [2.75, 3.05) is 39.3 Å². The first-order valence-corrected chi connectivity index (χ1v) is 9.21. The highest BCUT2D eigenvalue weighted by Crippen LogP contribution is 2.31. The van der Waals surface area contributed by atoms with Gasteiger partial charge < -0.3 is 5.11 Å². The smallest absolute Gasteiger partial charge is 0.0696 e. The zero-order chi connectivity index (χ0) is 14.2. The molecule has 4 nitrogen and oxygen atoms in total. The molecule has 4 fully saturated rings. The molecule has 2 atom stereocenters. The number of hydrogen-bond acceptors (Lipinski definition) is 4. The van der Waals surface area contributed by atoms with Gasteiger partial charge in [0.2, 0.25) is 0 Å². The van der Waals surface area contributed by atoms with Gasteiger partial charge in [-0.15, -0.1) is 0 Å². The van der Waals surface area contributed by atoms with Crippen LogP contribution in [-0.4, -0.2) is 83.3 Å². The normalized spacial score (nSPS) is 38.1. The van der Waals surface area contributed by atoms with Gasteiger partial charge in [-0.25, -0.2) is 0 Å². The molecule has 0 aromatic heterocycles. The molecule has 21 heavy (non-hydrogen) atoms. The van der Waals surface area contributed by atoms with Crippen molar-refractivity contribution in [3.05, 3.63) is 0 Å². The molecule has 2 aliphatic carbocycles. The molecular formula is C17H31N3O. The number of aliphatic hydroxyl groups excluding tert-OH is 1. The van der Waals surface area contributed by atoms with Crippen molar-refractivity contribution in [2.45, 2.75) is 69.2 Å². The van der Waals surface area contributed by atoms with Crippen LogP contribution in [0.5, 0.6) is 0 Å². The summed E-state index contributed by atoms with van der Waals surface area (Å²) >= 11 is 0. The summed E-state index contributed by atoms with van der Waals surface area (Å²) in [4.78, 5) is 7.98. The van der Waals surface area contributed by atoms with Gasteiger partial charge in [0.05, 0.1) is 6.10 Å². The first kappa shape index (κ1) is 14.4. The molecule has 2 aliphatic heterocycles. The Hall–Kier alpha value is -0.160. The van der Waals surface area contributed by atoms with Crippen LogP contribution in [-0.2, 0) is 0 Å². The second-order valence-electron chi connectivity index (χ2n) is 7.68. The van der Waals surface area contributed by atoms with E-state index in [2.05, 4.69) is 14.7 Å². The lowest BCUT2D eigenvalue weighted by atomic mass is 9.85. The molecule has 2 heterocycles. The van der Waals surface area contributed by atoms with Crippen LogP contribution in [0, 0.1) is 0 Å². The number of hydrogen-bond donors (Lipinski definition) is 1. The minimum Gasteiger partial charge on any atom is -0.391 e. The predicted octanol–water partition coefficient (Wildman–Crippen LogP) is 1.14. The molecule has 0 aromatic rings. The van der Waals surface area contributed by atoms with Crippen molar-refractivity contribution >= 4 is 0 Å². The molecule has 2 unspecified atom stereocenters. The first-order valence-electron chi connectivity index (χ1n) is 9.21. The van der Waals surface area contributed by atoms with Gasteiger partial charge >= 0.3 is 0 Å². The number of piperazine rings is 1. The van der Waals surface area contributed by atoms with E-state index in [4.69, 9.17) is 0 Å². The van der Waals surface area contributed by atoms with Crippen LogP contribution in [0.4, 0.5) is 0 Å². The summed E-state index contributed by atoms with van der Waals surface area (Å²) < 4.78 is 0. The Morgan fingerprint density at radius 1 is 0.619 bits per heavy atom. The summed E-state index contributed by atoms with van der Waals surface area (Å²) in [6.07, 6.45) is 9.44. The molecule has 0 amide bonds. The van der Waals surface area contributed by atoms with Crippen molar-refractivity contribution in [3.63, 3.8) is 0 Å². The minimum atomic E-state index is -0.0332. The third-order valence-corrected chi connectivity index (χ3v) is 6.52. The minimum absolute atomic E-state index is 0.0332. The van der Waals surface area contributed by atoms with E-state index in [0.29, 0.717) is 6.04 Å². The van der Waals surface area contributed by atoms with E-state index in [0.717, 1.165) is 18.5 Å². The predicted molar refractivity (Wildman–Crippen MR) is 84.4 cm³/mol. The second-order valence-corrected chi connectivity index (χ2v) is 7.68. The van der Waals surface area contributed by atoms with Crippen LogP contribution in [0.15, 0.2) is 0 Å². The average Bonchev–Trinajstić information content (AvgIpc) is 2.50. The van der Waals surface area contributed by atoms with Gasteiger partial charge in [-0.05, 0) is 25.7 Å². The average molecular weight is 293 g/mol. The highest BCUT2D eigenvalue weighted by Gasteiger charge is 2.42. The van der Waals surface area contributed by atoms with Crippen LogP contribution in [0.3, 0.4) is 0 Å². The Balaban J connectivity index is 1.20. The number of rotatable bonds is 3. The van der Waals surface area contributed by atoms with E-state index in [9.17, 15) is 5.11 Å². The Kier molecular flexibility index (Phi) is 4.23. The first-order chi connectivity index (χ1) is 10.3. The van der Waals surface area contributed by atoms with Gasteiger partial charge in [-0.2, -0.15) is 0 Å². The fourth-order valence-corrected chi connectivity index (χ4v) is 4.79. The quantitative estimate of drug-likeness (QED) is 0.845. The van der Waals surface area contributed by atoms with Gasteiger partial charge in [0.25, 0.3) is 0 Å². The van der Waals surface area contributed by atoms with Gasteiger partial charge in [0.15, 0.2) is 0 Å². The van der Waals surface area contributed by atoms with Crippen molar-refractivity contribution in [2.24, 2.45) is 0 Å². The molecular weight excluding hydrogens is 262 g/mol. The zero-order valence-electron chi connectivity index (χ0n) is 13.3. The lowest BCUT2D eigenvalue weighted by molar-refractivity contribution is -0.0886. The zero-order valence-corrected chi connectivity index (χ0v) is 13.3. The van der Waals surface area contributed by atoms with E-state index in [1.165, 1.54) is 77.8 Å². The Bertz CT molecular complexity index is 344. The maximum atomic E-state index is 9.76. The summed E-state index contributed by atoms with van der Waals surface area (Å²) in [6.45, 7) is 7.50. The maximum Gasteiger partial charge on any atom is 0.0696 e. The Morgan fingerprint density at radius 3 is 1.76 bits per heavy atom. The highest BCUT2D eigenvalue weighted by molar-refractivity contribution is 4.99. The van der Waals surface area contributed by atoms with E-state index in [1.807, 2.05) is 0 Å². The summed E-state index contributed by atoms with van der Waals surface area (Å²) in [5.41, 5.74) is 0. The molecule has 2 saturated heterocycles. The van der Waals surface area contributed by atoms with Crippen LogP contribution >= 0.6 is 0 Å². The van der Waals surface area contributed by atoms with Crippen molar-refractivity contribution in [1.29, 1.82) is 0 Å². The van der Waals surface area contributed by atoms with Crippen molar-refractivity contribution < 1.29 is 5.11 Å². The Labute approximate surface area is 129 Å². The van der Waals surface area contributed by atoms with Crippen molar-refractivity contribution in [1.82, 2.24) is 14.7 Å². The third-order valence-electron chi connectivity index (χ3n) is 6.52. The molecule has 0 radical (unpaired) electrons. The van der Waals surface area contributed by atoms with Crippen LogP contribution in [0.1, 0.15) is 44.9 Å². The summed E-state index contributed by atoms with van der Waals surface area (Å²) in [6, 6.07) is 2.15. The number of likely N-dealkylation sites (tertiary alicyclic amines) is 1. The van der Waals surface area contributed by atoms with Gasteiger partial charge in [-0.1, -0.05) is 19.3 Å². The SMILES string of the molecule is OC1CCC1N1CC(N2CCN(C3CCCCC3)CC2)C1. The van der Waals surface area contributed by atoms with E-state index >= 15 is 0 Å².